The van der Waals surface area contributed by atoms with E-state index in [1.165, 1.54) is 6.26 Å². The zero-order valence-corrected chi connectivity index (χ0v) is 11.3. The second kappa shape index (κ2) is 5.91. The Morgan fingerprint density at radius 3 is 2.79 bits per heavy atom. The Morgan fingerprint density at radius 2 is 2.26 bits per heavy atom. The third-order valence-electron chi connectivity index (χ3n) is 3.14. The molecule has 1 amide bonds. The van der Waals surface area contributed by atoms with E-state index in [-0.39, 0.29) is 23.8 Å². The van der Waals surface area contributed by atoms with Gasteiger partial charge in [0.1, 0.15) is 0 Å². The smallest absolute Gasteiger partial charge is 0.310 e. The number of carbonyl (C=O) groups excluding carboxylic acids is 2. The van der Waals surface area contributed by atoms with Crippen LogP contribution in [0.2, 0.25) is 0 Å². The number of amides is 1. The Balaban J connectivity index is 2.01. The van der Waals surface area contributed by atoms with E-state index in [2.05, 4.69) is 0 Å². The van der Waals surface area contributed by atoms with Gasteiger partial charge >= 0.3 is 5.97 Å². The third-order valence-corrected chi connectivity index (χ3v) is 3.14. The van der Waals surface area contributed by atoms with Crippen LogP contribution in [0.3, 0.4) is 0 Å². The Hall–Kier alpha value is -1.78. The van der Waals surface area contributed by atoms with Crippen LogP contribution in [0.25, 0.3) is 0 Å². The number of nitrogens with zero attached hydrogens (tertiary/aromatic N) is 1. The zero-order valence-electron chi connectivity index (χ0n) is 11.3. The van der Waals surface area contributed by atoms with Crippen molar-refractivity contribution in [1.29, 1.82) is 0 Å². The highest BCUT2D eigenvalue weighted by atomic mass is 16.5. The van der Waals surface area contributed by atoms with Gasteiger partial charge in [-0.3, -0.25) is 9.59 Å². The molecule has 1 atom stereocenters. The van der Waals surface area contributed by atoms with Crippen molar-refractivity contribution in [2.45, 2.75) is 32.7 Å². The molecule has 0 N–H and O–H groups in total. The molecule has 1 fully saturated rings. The quantitative estimate of drug-likeness (QED) is 0.739. The van der Waals surface area contributed by atoms with Crippen LogP contribution in [-0.4, -0.2) is 36.0 Å². The van der Waals surface area contributed by atoms with E-state index in [4.69, 9.17) is 9.15 Å². The van der Waals surface area contributed by atoms with Crippen LogP contribution in [0, 0.1) is 5.92 Å². The molecule has 19 heavy (non-hydrogen) atoms. The van der Waals surface area contributed by atoms with Gasteiger partial charge in [-0.05, 0) is 31.9 Å². The number of furan rings is 1. The van der Waals surface area contributed by atoms with E-state index >= 15 is 0 Å². The summed E-state index contributed by atoms with van der Waals surface area (Å²) < 4.78 is 10.1. The molecule has 5 heteroatoms. The van der Waals surface area contributed by atoms with Gasteiger partial charge in [0.15, 0.2) is 5.76 Å². The molecule has 5 nitrogen and oxygen atoms in total. The highest BCUT2D eigenvalue weighted by Crippen LogP contribution is 2.29. The van der Waals surface area contributed by atoms with Crippen molar-refractivity contribution < 1.29 is 18.7 Å². The first kappa shape index (κ1) is 13.6. The average molecular weight is 265 g/mol. The zero-order chi connectivity index (χ0) is 13.8. The van der Waals surface area contributed by atoms with Crippen molar-refractivity contribution in [3.05, 3.63) is 24.2 Å². The maximum absolute atomic E-state index is 12.3. The molecule has 0 bridgehead atoms. The lowest BCUT2D eigenvalue weighted by atomic mass is 10.1. The standard InChI is InChI=1S/C14H19NO4/c1-3-18-14(17)10(2)9-15(11-6-7-11)13(16)12-5-4-8-19-12/h4-5,8,10-11H,3,6-7,9H2,1-2H3. The molecule has 1 aliphatic rings. The monoisotopic (exact) mass is 265 g/mol. The lowest BCUT2D eigenvalue weighted by Crippen LogP contribution is -2.38. The van der Waals surface area contributed by atoms with Crippen LogP contribution in [0.4, 0.5) is 0 Å². The van der Waals surface area contributed by atoms with Crippen LogP contribution in [0.1, 0.15) is 37.2 Å². The topological polar surface area (TPSA) is 59.8 Å². The lowest BCUT2D eigenvalue weighted by molar-refractivity contribution is -0.147. The molecule has 1 unspecified atom stereocenters. The Bertz CT molecular complexity index is 436. The van der Waals surface area contributed by atoms with Crippen LogP contribution in [0.5, 0.6) is 0 Å². The largest absolute Gasteiger partial charge is 0.466 e. The van der Waals surface area contributed by atoms with Gasteiger partial charge < -0.3 is 14.1 Å². The maximum Gasteiger partial charge on any atom is 0.310 e. The molecule has 0 aliphatic heterocycles. The van der Waals surface area contributed by atoms with E-state index < -0.39 is 0 Å². The first-order valence-electron chi connectivity index (χ1n) is 6.64. The molecule has 0 aromatic carbocycles. The molecule has 1 aromatic heterocycles. The molecule has 2 rings (SSSR count). The van der Waals surface area contributed by atoms with E-state index in [0.717, 1.165) is 12.8 Å². The summed E-state index contributed by atoms with van der Waals surface area (Å²) in [6.07, 6.45) is 3.46. The minimum Gasteiger partial charge on any atom is -0.466 e. The van der Waals surface area contributed by atoms with E-state index in [1.807, 2.05) is 0 Å². The normalized spacial score (nSPS) is 15.9. The number of carbonyl (C=O) groups is 2. The van der Waals surface area contributed by atoms with Crippen LogP contribution in [0.15, 0.2) is 22.8 Å². The Labute approximate surface area is 112 Å². The van der Waals surface area contributed by atoms with Crippen LogP contribution in [-0.2, 0) is 9.53 Å². The molecular formula is C14H19NO4. The minimum atomic E-state index is -0.320. The summed E-state index contributed by atoms with van der Waals surface area (Å²) in [5.74, 6) is -0.411. The number of esters is 1. The summed E-state index contributed by atoms with van der Waals surface area (Å²) in [7, 11) is 0. The molecule has 1 saturated carbocycles. The van der Waals surface area contributed by atoms with E-state index in [9.17, 15) is 9.59 Å². The Morgan fingerprint density at radius 1 is 1.53 bits per heavy atom. The number of hydrogen-bond donors (Lipinski definition) is 0. The summed E-state index contributed by atoms with van der Waals surface area (Å²) in [5.41, 5.74) is 0. The molecule has 104 valence electrons. The van der Waals surface area contributed by atoms with Crippen molar-refractivity contribution in [2.24, 2.45) is 5.92 Å². The lowest BCUT2D eigenvalue weighted by Gasteiger charge is -2.24. The summed E-state index contributed by atoms with van der Waals surface area (Å²) in [6, 6.07) is 3.56. The first-order valence-corrected chi connectivity index (χ1v) is 6.64. The van der Waals surface area contributed by atoms with E-state index in [1.54, 1.807) is 30.9 Å². The second-order valence-electron chi connectivity index (χ2n) is 4.82. The predicted molar refractivity (Wildman–Crippen MR) is 68.6 cm³/mol. The van der Waals surface area contributed by atoms with Gasteiger partial charge in [0, 0.05) is 12.6 Å². The van der Waals surface area contributed by atoms with Crippen molar-refractivity contribution in [3.63, 3.8) is 0 Å². The summed E-state index contributed by atoms with van der Waals surface area (Å²) in [4.78, 5) is 25.7. The summed E-state index contributed by atoms with van der Waals surface area (Å²) in [6.45, 7) is 4.29. The van der Waals surface area contributed by atoms with Crippen molar-refractivity contribution in [2.75, 3.05) is 13.2 Å². The average Bonchev–Trinajstić information content (AvgIpc) is 3.08. The van der Waals surface area contributed by atoms with Crippen LogP contribution >= 0.6 is 0 Å². The number of rotatable bonds is 6. The van der Waals surface area contributed by atoms with Gasteiger partial charge in [-0.1, -0.05) is 6.92 Å². The van der Waals surface area contributed by atoms with Crippen LogP contribution < -0.4 is 0 Å². The fourth-order valence-electron chi connectivity index (χ4n) is 1.98. The van der Waals surface area contributed by atoms with Gasteiger partial charge in [0.2, 0.25) is 0 Å². The molecule has 1 aromatic rings. The number of ether oxygens (including phenoxy) is 1. The predicted octanol–water partition coefficient (Wildman–Crippen LogP) is 2.08. The van der Waals surface area contributed by atoms with Crippen molar-refractivity contribution in [1.82, 2.24) is 4.90 Å². The summed E-state index contributed by atoms with van der Waals surface area (Å²) in [5, 5.41) is 0. The SMILES string of the molecule is CCOC(=O)C(C)CN(C(=O)c1ccco1)C1CC1. The van der Waals surface area contributed by atoms with Crippen molar-refractivity contribution in [3.8, 4) is 0 Å². The maximum atomic E-state index is 12.3. The fourth-order valence-corrected chi connectivity index (χ4v) is 1.98. The van der Waals surface area contributed by atoms with Gasteiger partial charge in [0.25, 0.3) is 5.91 Å². The molecule has 1 aliphatic carbocycles. The Kier molecular flexibility index (Phi) is 4.24. The molecule has 0 saturated heterocycles. The highest BCUT2D eigenvalue weighted by Gasteiger charge is 2.36. The summed E-state index contributed by atoms with van der Waals surface area (Å²) >= 11 is 0. The highest BCUT2D eigenvalue weighted by molar-refractivity contribution is 5.92. The fraction of sp³-hybridized carbons (Fsp3) is 0.571. The van der Waals surface area contributed by atoms with Crippen molar-refractivity contribution >= 4 is 11.9 Å². The molecular weight excluding hydrogens is 246 g/mol. The van der Waals surface area contributed by atoms with Gasteiger partial charge in [0.05, 0.1) is 18.8 Å². The molecule has 1 heterocycles. The third kappa shape index (κ3) is 3.36. The van der Waals surface area contributed by atoms with Gasteiger partial charge in [-0.2, -0.15) is 0 Å². The second-order valence-corrected chi connectivity index (χ2v) is 4.82. The molecule has 0 spiro atoms. The van der Waals surface area contributed by atoms with E-state index in [0.29, 0.717) is 18.9 Å². The molecule has 0 radical (unpaired) electrons. The number of hydrogen-bond acceptors (Lipinski definition) is 4. The van der Waals surface area contributed by atoms with Gasteiger partial charge in [-0.25, -0.2) is 0 Å². The minimum absolute atomic E-state index is 0.149. The van der Waals surface area contributed by atoms with Gasteiger partial charge in [-0.15, -0.1) is 0 Å². The first-order chi connectivity index (χ1) is 9.13.